The molecule has 9 rings (SSSR count). The summed E-state index contributed by atoms with van der Waals surface area (Å²) in [5.41, 5.74) is 12.7. The molecular formula is C39H28BNO3. The highest BCUT2D eigenvalue weighted by Crippen LogP contribution is 2.51. The number of furan rings is 1. The van der Waals surface area contributed by atoms with Crippen molar-refractivity contribution in [1.82, 2.24) is 4.57 Å². The summed E-state index contributed by atoms with van der Waals surface area (Å²) < 4.78 is 8.46. The molecule has 1 aliphatic rings. The third-order valence-electron chi connectivity index (χ3n) is 9.62. The fourth-order valence-corrected chi connectivity index (χ4v) is 7.50. The Hall–Kier alpha value is -5.10. The summed E-state index contributed by atoms with van der Waals surface area (Å²) in [6.07, 6.45) is 0. The second kappa shape index (κ2) is 8.96. The van der Waals surface area contributed by atoms with Crippen LogP contribution in [0.5, 0.6) is 0 Å². The van der Waals surface area contributed by atoms with Crippen LogP contribution >= 0.6 is 0 Å². The number of hydrogen-bond donors (Lipinski definition) is 2. The van der Waals surface area contributed by atoms with Crippen molar-refractivity contribution < 1.29 is 14.5 Å². The Morgan fingerprint density at radius 1 is 0.591 bits per heavy atom. The fourth-order valence-electron chi connectivity index (χ4n) is 7.50. The van der Waals surface area contributed by atoms with Gasteiger partial charge in [-0.2, -0.15) is 0 Å². The van der Waals surface area contributed by atoms with Crippen LogP contribution in [0, 0.1) is 0 Å². The molecule has 0 amide bonds. The number of hydrogen-bond acceptors (Lipinski definition) is 3. The molecule has 0 spiro atoms. The van der Waals surface area contributed by atoms with Gasteiger partial charge in [-0.15, -0.1) is 0 Å². The molecule has 0 unspecified atom stereocenters. The Bertz CT molecular complexity index is 2450. The van der Waals surface area contributed by atoms with E-state index in [4.69, 9.17) is 4.42 Å². The highest BCUT2D eigenvalue weighted by atomic mass is 16.4. The first kappa shape index (κ1) is 25.4. The summed E-state index contributed by atoms with van der Waals surface area (Å²) in [5, 5.41) is 24.2. The van der Waals surface area contributed by atoms with Gasteiger partial charge in [0, 0.05) is 32.6 Å². The number of aromatic nitrogens is 1. The van der Waals surface area contributed by atoms with Crippen molar-refractivity contribution in [2.24, 2.45) is 0 Å². The second-order valence-electron chi connectivity index (χ2n) is 12.4. The van der Waals surface area contributed by atoms with Gasteiger partial charge in [-0.1, -0.05) is 80.6 Å². The zero-order chi connectivity index (χ0) is 29.7. The lowest BCUT2D eigenvalue weighted by Crippen LogP contribution is -2.30. The zero-order valence-electron chi connectivity index (χ0n) is 24.4. The number of para-hydroxylation sites is 1. The molecule has 0 aliphatic heterocycles. The lowest BCUT2D eigenvalue weighted by atomic mass is 9.77. The molecule has 0 atom stereocenters. The number of benzene rings is 6. The van der Waals surface area contributed by atoms with Crippen LogP contribution in [0.15, 0.2) is 126 Å². The van der Waals surface area contributed by atoms with Crippen LogP contribution in [0.1, 0.15) is 25.0 Å². The van der Waals surface area contributed by atoms with Crippen LogP contribution in [-0.2, 0) is 5.41 Å². The molecule has 44 heavy (non-hydrogen) atoms. The van der Waals surface area contributed by atoms with Crippen molar-refractivity contribution in [3.63, 3.8) is 0 Å². The van der Waals surface area contributed by atoms with Gasteiger partial charge < -0.3 is 19.0 Å². The Morgan fingerprint density at radius 3 is 2.14 bits per heavy atom. The molecule has 0 saturated carbocycles. The Kier molecular flexibility index (Phi) is 5.17. The predicted octanol–water partition coefficient (Wildman–Crippen LogP) is 8.34. The maximum atomic E-state index is 10.1. The SMILES string of the molecule is CC1(C)c2ccccc2-c2cc3c4cc(-c5ccc6oc7cccc(B(O)O)c7c6c5)ccc4n(-c4ccccc4)c3cc21. The van der Waals surface area contributed by atoms with Crippen LogP contribution in [0.3, 0.4) is 0 Å². The molecule has 6 aromatic carbocycles. The van der Waals surface area contributed by atoms with Crippen molar-refractivity contribution in [3.8, 4) is 27.9 Å². The van der Waals surface area contributed by atoms with Crippen LogP contribution in [0.2, 0.25) is 0 Å². The van der Waals surface area contributed by atoms with Gasteiger partial charge in [-0.05, 0) is 93.4 Å². The van der Waals surface area contributed by atoms with Crippen LogP contribution < -0.4 is 5.46 Å². The van der Waals surface area contributed by atoms with E-state index in [2.05, 4.69) is 115 Å². The van der Waals surface area contributed by atoms with Crippen molar-refractivity contribution in [2.75, 3.05) is 0 Å². The monoisotopic (exact) mass is 569 g/mol. The molecule has 4 nitrogen and oxygen atoms in total. The summed E-state index contributed by atoms with van der Waals surface area (Å²) in [7, 11) is -1.58. The minimum absolute atomic E-state index is 0.0902. The van der Waals surface area contributed by atoms with Crippen molar-refractivity contribution in [3.05, 3.63) is 132 Å². The third-order valence-corrected chi connectivity index (χ3v) is 9.62. The summed E-state index contributed by atoms with van der Waals surface area (Å²) in [5.74, 6) is 0. The first-order valence-electron chi connectivity index (χ1n) is 15.0. The zero-order valence-corrected chi connectivity index (χ0v) is 24.4. The minimum atomic E-state index is -1.58. The summed E-state index contributed by atoms with van der Waals surface area (Å²) in [6, 6.07) is 42.4. The van der Waals surface area contributed by atoms with Gasteiger partial charge in [0.2, 0.25) is 0 Å². The van der Waals surface area contributed by atoms with Gasteiger partial charge in [0.25, 0.3) is 0 Å². The second-order valence-corrected chi connectivity index (χ2v) is 12.4. The van der Waals surface area contributed by atoms with E-state index in [-0.39, 0.29) is 5.41 Å². The van der Waals surface area contributed by atoms with Gasteiger partial charge in [-0.25, -0.2) is 0 Å². The molecule has 5 heteroatoms. The average molecular weight is 569 g/mol. The molecular weight excluding hydrogens is 541 g/mol. The van der Waals surface area contributed by atoms with E-state index in [1.807, 2.05) is 12.1 Å². The predicted molar refractivity (Wildman–Crippen MR) is 181 cm³/mol. The highest BCUT2D eigenvalue weighted by Gasteiger charge is 2.36. The third kappa shape index (κ3) is 3.42. The van der Waals surface area contributed by atoms with Crippen molar-refractivity contribution >= 4 is 56.3 Å². The van der Waals surface area contributed by atoms with Crippen LogP contribution in [-0.4, -0.2) is 21.7 Å². The molecule has 0 radical (unpaired) electrons. The molecule has 2 heterocycles. The standard InChI is InChI=1S/C39H28BNO3/c1-39(2)31-12-7-6-11-26(31)27-21-29-28-19-23(15-17-34(28)41(35(29)22-32(27)39)25-9-4-3-5-10-25)24-16-18-36-30(20-24)38-33(40(42)43)13-8-14-37(38)44-36/h3-22,42-43H,1-2H3. The summed E-state index contributed by atoms with van der Waals surface area (Å²) in [6.45, 7) is 4.65. The van der Waals surface area contributed by atoms with Gasteiger partial charge in [0.05, 0.1) is 11.0 Å². The first-order valence-corrected chi connectivity index (χ1v) is 15.0. The number of rotatable bonds is 3. The lowest BCUT2D eigenvalue weighted by Gasteiger charge is -2.21. The molecule has 1 aliphatic carbocycles. The maximum absolute atomic E-state index is 10.1. The summed E-state index contributed by atoms with van der Waals surface area (Å²) >= 11 is 0. The molecule has 0 saturated heterocycles. The van der Waals surface area contributed by atoms with Crippen LogP contribution in [0.25, 0.3) is 71.7 Å². The van der Waals surface area contributed by atoms with Gasteiger partial charge >= 0.3 is 7.12 Å². The van der Waals surface area contributed by atoms with Crippen molar-refractivity contribution in [2.45, 2.75) is 19.3 Å². The fraction of sp³-hybridized carbons (Fsp3) is 0.0769. The number of fused-ring (bicyclic) bond motifs is 9. The van der Waals surface area contributed by atoms with Crippen LogP contribution in [0.4, 0.5) is 0 Å². The molecule has 0 bridgehead atoms. The van der Waals surface area contributed by atoms with E-state index in [1.54, 1.807) is 12.1 Å². The average Bonchev–Trinajstić information content (AvgIpc) is 3.65. The summed E-state index contributed by atoms with van der Waals surface area (Å²) in [4.78, 5) is 0. The molecule has 210 valence electrons. The van der Waals surface area contributed by atoms with E-state index in [1.165, 1.54) is 38.5 Å². The van der Waals surface area contributed by atoms with E-state index >= 15 is 0 Å². The molecule has 2 N–H and O–H groups in total. The minimum Gasteiger partial charge on any atom is -0.456 e. The maximum Gasteiger partial charge on any atom is 0.489 e. The van der Waals surface area contributed by atoms with Gasteiger partial charge in [0.1, 0.15) is 11.2 Å². The molecule has 2 aromatic heterocycles. The topological polar surface area (TPSA) is 58.5 Å². The largest absolute Gasteiger partial charge is 0.489 e. The lowest BCUT2D eigenvalue weighted by molar-refractivity contribution is 0.426. The van der Waals surface area contributed by atoms with Gasteiger partial charge in [-0.3, -0.25) is 0 Å². The van der Waals surface area contributed by atoms with E-state index in [0.717, 1.165) is 38.7 Å². The Morgan fingerprint density at radius 2 is 1.32 bits per heavy atom. The molecule has 0 fully saturated rings. The molecule has 8 aromatic rings. The van der Waals surface area contributed by atoms with Crippen molar-refractivity contribution in [1.29, 1.82) is 0 Å². The van der Waals surface area contributed by atoms with Gasteiger partial charge in [0.15, 0.2) is 0 Å². The highest BCUT2D eigenvalue weighted by molar-refractivity contribution is 6.62. The first-order chi connectivity index (χ1) is 21.4. The van der Waals surface area contributed by atoms with E-state index in [0.29, 0.717) is 11.0 Å². The smallest absolute Gasteiger partial charge is 0.456 e. The normalized spacial score (nSPS) is 13.6. The quantitative estimate of drug-likeness (QED) is 0.210. The van der Waals surface area contributed by atoms with E-state index < -0.39 is 7.12 Å². The Balaban J connectivity index is 1.32. The Labute approximate surface area is 254 Å². The van der Waals surface area contributed by atoms with E-state index in [9.17, 15) is 10.0 Å². The number of nitrogens with zero attached hydrogens (tertiary/aromatic N) is 1.